The van der Waals surface area contributed by atoms with Crippen LogP contribution in [0.3, 0.4) is 0 Å². The van der Waals surface area contributed by atoms with Crippen LogP contribution in [0.15, 0.2) is 0 Å². The zero-order chi connectivity index (χ0) is 4.41. The Labute approximate surface area is 38.3 Å². The van der Waals surface area contributed by atoms with Gasteiger partial charge in [-0.05, 0) is 19.8 Å². The van der Waals surface area contributed by atoms with Gasteiger partial charge in [0.2, 0.25) is 0 Å². The summed E-state index contributed by atoms with van der Waals surface area (Å²) in [5.41, 5.74) is 0. The largest absolute Gasteiger partial charge is 0.378 e. The van der Waals surface area contributed by atoms with Crippen LogP contribution in [0.25, 0.3) is 0 Å². The van der Waals surface area contributed by atoms with E-state index < -0.39 is 0 Å². The molecule has 0 N–H and O–H groups in total. The van der Waals surface area contributed by atoms with E-state index in [1.165, 1.54) is 6.42 Å². The first-order chi connectivity index (χ1) is 2.93. The molecule has 1 unspecified atom stereocenters. The SMILES string of the molecule is CCOC1[CH]C1. The summed E-state index contributed by atoms with van der Waals surface area (Å²) in [6, 6.07) is 0. The van der Waals surface area contributed by atoms with Crippen LogP contribution in [-0.4, -0.2) is 12.7 Å². The highest BCUT2D eigenvalue weighted by Crippen LogP contribution is 2.20. The number of hydrogen-bond donors (Lipinski definition) is 0. The summed E-state index contributed by atoms with van der Waals surface area (Å²) in [6.45, 7) is 2.88. The maximum absolute atomic E-state index is 5.10. The molecule has 0 aliphatic heterocycles. The van der Waals surface area contributed by atoms with Crippen molar-refractivity contribution in [3.63, 3.8) is 0 Å². The lowest BCUT2D eigenvalue weighted by atomic mass is 10.8. The van der Waals surface area contributed by atoms with Gasteiger partial charge in [0, 0.05) is 6.61 Å². The van der Waals surface area contributed by atoms with Crippen LogP contribution in [0, 0.1) is 6.42 Å². The van der Waals surface area contributed by atoms with Crippen molar-refractivity contribution in [3.8, 4) is 0 Å². The predicted molar refractivity (Wildman–Crippen MR) is 24.3 cm³/mol. The fraction of sp³-hybridized carbons (Fsp3) is 0.800. The third-order valence-corrected chi connectivity index (χ3v) is 0.809. The average Bonchev–Trinajstić information content (AvgIpc) is 2.21. The lowest BCUT2D eigenvalue weighted by Gasteiger charge is -1.89. The number of ether oxygens (including phenoxy) is 1. The first-order valence-electron chi connectivity index (χ1n) is 2.38. The second-order valence-corrected chi connectivity index (χ2v) is 1.47. The molecule has 1 heteroatoms. The van der Waals surface area contributed by atoms with Gasteiger partial charge in [-0.15, -0.1) is 0 Å². The smallest absolute Gasteiger partial charge is 0.0611 e. The molecule has 0 spiro atoms. The molecular weight excluding hydrogens is 76.1 g/mol. The van der Waals surface area contributed by atoms with Crippen LogP contribution in [0.5, 0.6) is 0 Å². The van der Waals surface area contributed by atoms with Gasteiger partial charge in [0.1, 0.15) is 0 Å². The summed E-state index contributed by atoms with van der Waals surface area (Å²) in [5.74, 6) is 0. The van der Waals surface area contributed by atoms with Crippen molar-refractivity contribution in [2.75, 3.05) is 6.61 Å². The molecule has 1 nitrogen and oxygen atoms in total. The molecule has 1 rings (SSSR count). The molecule has 0 saturated heterocycles. The molecule has 1 atom stereocenters. The van der Waals surface area contributed by atoms with Crippen LogP contribution in [0.1, 0.15) is 13.3 Å². The summed E-state index contributed by atoms with van der Waals surface area (Å²) in [6.07, 6.45) is 3.85. The molecule has 0 aromatic rings. The van der Waals surface area contributed by atoms with Crippen molar-refractivity contribution in [1.82, 2.24) is 0 Å². The Morgan fingerprint density at radius 2 is 2.67 bits per heavy atom. The second-order valence-electron chi connectivity index (χ2n) is 1.47. The van der Waals surface area contributed by atoms with Gasteiger partial charge in [-0.2, -0.15) is 0 Å². The third-order valence-electron chi connectivity index (χ3n) is 0.809. The van der Waals surface area contributed by atoms with E-state index in [2.05, 4.69) is 6.42 Å². The molecule has 0 heterocycles. The van der Waals surface area contributed by atoms with Gasteiger partial charge in [0.05, 0.1) is 6.10 Å². The Hall–Kier alpha value is -0.0400. The standard InChI is InChI=1S/C5H9O/c1-2-6-5-3-4-5/h3,5H,2,4H2,1H3. The molecule has 35 valence electrons. The predicted octanol–water partition coefficient (Wildman–Crippen LogP) is 0.999. The Morgan fingerprint density at radius 1 is 2.00 bits per heavy atom. The van der Waals surface area contributed by atoms with E-state index in [4.69, 9.17) is 4.74 Å². The maximum atomic E-state index is 5.10. The van der Waals surface area contributed by atoms with E-state index in [0.29, 0.717) is 6.10 Å². The summed E-state index contributed by atoms with van der Waals surface area (Å²) in [4.78, 5) is 0. The first kappa shape index (κ1) is 4.13. The quantitative estimate of drug-likeness (QED) is 0.486. The van der Waals surface area contributed by atoms with Crippen molar-refractivity contribution in [2.45, 2.75) is 19.4 Å². The highest BCUT2D eigenvalue weighted by atomic mass is 16.5. The zero-order valence-corrected chi connectivity index (χ0v) is 3.98. The average molecular weight is 85.1 g/mol. The molecular formula is C5H9O. The summed E-state index contributed by atoms with van der Waals surface area (Å²) in [5, 5.41) is 0. The second kappa shape index (κ2) is 1.61. The van der Waals surface area contributed by atoms with E-state index in [9.17, 15) is 0 Å². The minimum absolute atomic E-state index is 0.523. The van der Waals surface area contributed by atoms with Gasteiger partial charge in [0.25, 0.3) is 0 Å². The highest BCUT2D eigenvalue weighted by molar-refractivity contribution is 4.96. The van der Waals surface area contributed by atoms with Gasteiger partial charge in [-0.3, -0.25) is 0 Å². The maximum Gasteiger partial charge on any atom is 0.0611 e. The van der Waals surface area contributed by atoms with Crippen LogP contribution in [0.2, 0.25) is 0 Å². The minimum atomic E-state index is 0.523. The molecule has 1 fully saturated rings. The van der Waals surface area contributed by atoms with Crippen molar-refractivity contribution in [2.24, 2.45) is 0 Å². The number of rotatable bonds is 2. The molecule has 0 bridgehead atoms. The van der Waals surface area contributed by atoms with Crippen molar-refractivity contribution < 1.29 is 4.74 Å². The lowest BCUT2D eigenvalue weighted by molar-refractivity contribution is 0.140. The van der Waals surface area contributed by atoms with Gasteiger partial charge in [-0.25, -0.2) is 0 Å². The summed E-state index contributed by atoms with van der Waals surface area (Å²) >= 11 is 0. The Morgan fingerprint density at radius 3 is 2.83 bits per heavy atom. The molecule has 0 aromatic heterocycles. The topological polar surface area (TPSA) is 9.23 Å². The van der Waals surface area contributed by atoms with Crippen LogP contribution in [0.4, 0.5) is 0 Å². The monoisotopic (exact) mass is 85.1 g/mol. The van der Waals surface area contributed by atoms with Gasteiger partial charge < -0.3 is 4.74 Å². The van der Waals surface area contributed by atoms with Crippen molar-refractivity contribution in [3.05, 3.63) is 6.42 Å². The molecule has 0 aromatic carbocycles. The lowest BCUT2D eigenvalue weighted by Crippen LogP contribution is -1.89. The van der Waals surface area contributed by atoms with Gasteiger partial charge >= 0.3 is 0 Å². The van der Waals surface area contributed by atoms with Crippen molar-refractivity contribution >= 4 is 0 Å². The Kier molecular flexibility index (Phi) is 1.10. The van der Waals surface area contributed by atoms with E-state index in [-0.39, 0.29) is 0 Å². The normalized spacial score (nSPS) is 21.5. The van der Waals surface area contributed by atoms with Crippen LogP contribution in [-0.2, 0) is 4.74 Å². The highest BCUT2D eigenvalue weighted by Gasteiger charge is 2.21. The summed E-state index contributed by atoms with van der Waals surface area (Å²) in [7, 11) is 0. The minimum Gasteiger partial charge on any atom is -0.378 e. The zero-order valence-electron chi connectivity index (χ0n) is 3.98. The van der Waals surface area contributed by atoms with Gasteiger partial charge in [0.15, 0.2) is 0 Å². The molecule has 1 aliphatic carbocycles. The van der Waals surface area contributed by atoms with E-state index >= 15 is 0 Å². The van der Waals surface area contributed by atoms with E-state index in [1.807, 2.05) is 6.92 Å². The van der Waals surface area contributed by atoms with Crippen molar-refractivity contribution in [1.29, 1.82) is 0 Å². The van der Waals surface area contributed by atoms with Crippen LogP contribution < -0.4 is 0 Å². The van der Waals surface area contributed by atoms with Gasteiger partial charge in [-0.1, -0.05) is 0 Å². The summed E-state index contributed by atoms with van der Waals surface area (Å²) < 4.78 is 5.10. The number of hydrogen-bond acceptors (Lipinski definition) is 1. The Balaban J connectivity index is 1.88. The molecule has 1 aliphatic rings. The molecule has 1 saturated carbocycles. The molecule has 1 radical (unpaired) electrons. The van der Waals surface area contributed by atoms with Crippen LogP contribution >= 0.6 is 0 Å². The third kappa shape index (κ3) is 0.977. The first-order valence-corrected chi connectivity index (χ1v) is 2.38. The van der Waals surface area contributed by atoms with E-state index in [1.54, 1.807) is 0 Å². The Bertz CT molecular complexity index is 39.2. The van der Waals surface area contributed by atoms with E-state index in [0.717, 1.165) is 6.61 Å². The molecule has 6 heavy (non-hydrogen) atoms. The molecule has 0 amide bonds. The fourth-order valence-corrected chi connectivity index (χ4v) is 0.406. The fourth-order valence-electron chi connectivity index (χ4n) is 0.406.